The van der Waals surface area contributed by atoms with Gasteiger partial charge in [0.25, 0.3) is 0 Å². The number of aromatic carboxylic acids is 1. The molecule has 3 aromatic rings. The number of carboxylic acids is 2. The second-order valence-electron chi connectivity index (χ2n) is 6.17. The van der Waals surface area contributed by atoms with Crippen molar-refractivity contribution in [2.45, 2.75) is 26.1 Å². The van der Waals surface area contributed by atoms with Crippen molar-refractivity contribution in [2.75, 3.05) is 5.32 Å². The number of hydrogen-bond acceptors (Lipinski definition) is 7. The van der Waals surface area contributed by atoms with E-state index in [1.54, 1.807) is 4.68 Å². The molecular formula is C15H17F3N6O4S. The first-order valence-corrected chi connectivity index (χ1v) is 8.84. The van der Waals surface area contributed by atoms with Crippen LogP contribution >= 0.6 is 11.3 Å². The van der Waals surface area contributed by atoms with Crippen LogP contribution in [0.25, 0.3) is 4.83 Å². The third kappa shape index (κ3) is 5.43. The molecule has 0 aliphatic rings. The zero-order valence-electron chi connectivity index (χ0n) is 15.4. The second kappa shape index (κ2) is 8.46. The van der Waals surface area contributed by atoms with E-state index >= 15 is 0 Å². The Kier molecular flexibility index (Phi) is 6.46. The first kappa shape index (κ1) is 22.1. The third-order valence-electron chi connectivity index (χ3n) is 3.57. The molecule has 158 valence electrons. The van der Waals surface area contributed by atoms with Crippen molar-refractivity contribution in [1.82, 2.24) is 24.4 Å². The summed E-state index contributed by atoms with van der Waals surface area (Å²) >= 11 is 1.28. The molecule has 0 radical (unpaired) electrons. The number of rotatable bonds is 5. The molecule has 0 saturated carbocycles. The molecule has 0 aliphatic carbocycles. The highest BCUT2D eigenvalue weighted by Gasteiger charge is 2.38. The van der Waals surface area contributed by atoms with Gasteiger partial charge in [0.2, 0.25) is 5.13 Å². The lowest BCUT2D eigenvalue weighted by Crippen LogP contribution is -2.21. The largest absolute Gasteiger partial charge is 0.490 e. The Morgan fingerprint density at radius 2 is 1.90 bits per heavy atom. The van der Waals surface area contributed by atoms with Crippen LogP contribution < -0.4 is 5.32 Å². The molecule has 29 heavy (non-hydrogen) atoms. The van der Waals surface area contributed by atoms with E-state index in [0.29, 0.717) is 15.9 Å². The normalized spacial score (nSPS) is 12.5. The number of aryl methyl sites for hydroxylation is 1. The molecule has 0 aromatic carbocycles. The fraction of sp³-hybridized carbons (Fsp3) is 0.400. The quantitative estimate of drug-likeness (QED) is 0.558. The summed E-state index contributed by atoms with van der Waals surface area (Å²) in [6.07, 6.45) is 0.111. The van der Waals surface area contributed by atoms with Gasteiger partial charge in [0.05, 0.1) is 12.2 Å². The minimum absolute atomic E-state index is 0.0213. The highest BCUT2D eigenvalue weighted by atomic mass is 32.1. The predicted octanol–water partition coefficient (Wildman–Crippen LogP) is 2.67. The Hall–Kier alpha value is -3.16. The fourth-order valence-corrected chi connectivity index (χ4v) is 3.19. The lowest BCUT2D eigenvalue weighted by atomic mass is 9.99. The summed E-state index contributed by atoms with van der Waals surface area (Å²) in [4.78, 5) is 24.4. The van der Waals surface area contributed by atoms with Crippen LogP contribution in [0.3, 0.4) is 0 Å². The van der Waals surface area contributed by atoms with Crippen LogP contribution in [-0.2, 0) is 11.8 Å². The SMILES string of the molecule is CC(C)C(Nc1nn2cnc(C(=O)O)c2s1)c1cnn(C)c1.O=C(O)C(F)(F)F. The molecular weight excluding hydrogens is 417 g/mol. The summed E-state index contributed by atoms with van der Waals surface area (Å²) in [7, 11) is 1.87. The van der Waals surface area contributed by atoms with Crippen LogP contribution in [0.1, 0.15) is 35.9 Å². The minimum atomic E-state index is -5.08. The molecule has 3 N–H and O–H groups in total. The van der Waals surface area contributed by atoms with Gasteiger partial charge in [-0.15, -0.1) is 5.10 Å². The predicted molar refractivity (Wildman–Crippen MR) is 95.9 cm³/mol. The van der Waals surface area contributed by atoms with Gasteiger partial charge in [0.1, 0.15) is 6.33 Å². The molecule has 10 nitrogen and oxygen atoms in total. The Balaban J connectivity index is 0.000000370. The van der Waals surface area contributed by atoms with Crippen LogP contribution in [0.5, 0.6) is 0 Å². The number of aromatic nitrogens is 5. The number of anilines is 1. The summed E-state index contributed by atoms with van der Waals surface area (Å²) in [5, 5.41) is 28.8. The van der Waals surface area contributed by atoms with Gasteiger partial charge in [-0.1, -0.05) is 25.2 Å². The fourth-order valence-electron chi connectivity index (χ4n) is 2.28. The van der Waals surface area contributed by atoms with Crippen LogP contribution in [-0.4, -0.2) is 52.7 Å². The van der Waals surface area contributed by atoms with Gasteiger partial charge in [0.15, 0.2) is 10.5 Å². The molecule has 0 amide bonds. The van der Waals surface area contributed by atoms with E-state index in [2.05, 4.69) is 34.3 Å². The maximum Gasteiger partial charge on any atom is 0.490 e. The van der Waals surface area contributed by atoms with Crippen LogP contribution in [0.4, 0.5) is 18.3 Å². The molecule has 1 atom stereocenters. The van der Waals surface area contributed by atoms with Crippen LogP contribution in [0.2, 0.25) is 0 Å². The summed E-state index contributed by atoms with van der Waals surface area (Å²) in [5.74, 6) is -3.48. The lowest BCUT2D eigenvalue weighted by molar-refractivity contribution is -0.192. The Morgan fingerprint density at radius 1 is 1.28 bits per heavy atom. The number of aliphatic carboxylic acids is 1. The van der Waals surface area contributed by atoms with Gasteiger partial charge in [-0.3, -0.25) is 4.68 Å². The van der Waals surface area contributed by atoms with E-state index in [0.717, 1.165) is 5.56 Å². The molecule has 3 aromatic heterocycles. The van der Waals surface area contributed by atoms with E-state index in [1.165, 1.54) is 22.2 Å². The Morgan fingerprint density at radius 3 is 2.34 bits per heavy atom. The van der Waals surface area contributed by atoms with Crippen molar-refractivity contribution in [1.29, 1.82) is 0 Å². The molecule has 14 heteroatoms. The van der Waals surface area contributed by atoms with Gasteiger partial charge < -0.3 is 15.5 Å². The number of carbonyl (C=O) groups is 2. The number of hydrogen-bond donors (Lipinski definition) is 3. The number of imidazole rings is 1. The first-order chi connectivity index (χ1) is 13.4. The molecule has 0 spiro atoms. The molecule has 1 unspecified atom stereocenters. The Bertz CT molecular complexity index is 1010. The van der Waals surface area contributed by atoms with Gasteiger partial charge in [-0.05, 0) is 5.92 Å². The number of nitrogens with one attached hydrogen (secondary N) is 1. The number of fused-ring (bicyclic) bond motifs is 1. The Labute approximate surface area is 165 Å². The van der Waals surface area contributed by atoms with E-state index in [9.17, 15) is 18.0 Å². The molecule has 3 rings (SSSR count). The zero-order chi connectivity index (χ0) is 21.9. The number of alkyl halides is 3. The zero-order valence-corrected chi connectivity index (χ0v) is 16.2. The van der Waals surface area contributed by atoms with Crippen molar-refractivity contribution in [3.05, 3.63) is 30.0 Å². The smallest absolute Gasteiger partial charge is 0.476 e. The van der Waals surface area contributed by atoms with Gasteiger partial charge >= 0.3 is 18.1 Å². The number of carboxylic acid groups (broad SMARTS) is 2. The van der Waals surface area contributed by atoms with Crippen molar-refractivity contribution >= 4 is 33.2 Å². The average Bonchev–Trinajstić information content (AvgIpc) is 3.26. The average molecular weight is 434 g/mol. The van der Waals surface area contributed by atoms with E-state index < -0.39 is 18.1 Å². The molecule has 0 saturated heterocycles. The number of halogens is 3. The second-order valence-corrected chi connectivity index (χ2v) is 7.15. The minimum Gasteiger partial charge on any atom is -0.476 e. The van der Waals surface area contributed by atoms with Gasteiger partial charge in [-0.2, -0.15) is 18.3 Å². The van der Waals surface area contributed by atoms with Crippen LogP contribution in [0, 0.1) is 5.92 Å². The summed E-state index contributed by atoms with van der Waals surface area (Å²) in [5.41, 5.74) is 1.09. The molecule has 0 bridgehead atoms. The van der Waals surface area contributed by atoms with E-state index in [-0.39, 0.29) is 11.7 Å². The van der Waals surface area contributed by atoms with Crippen molar-refractivity contribution in [3.63, 3.8) is 0 Å². The topological polar surface area (TPSA) is 135 Å². The van der Waals surface area contributed by atoms with E-state index in [1.807, 2.05) is 19.4 Å². The highest BCUT2D eigenvalue weighted by molar-refractivity contribution is 7.21. The number of nitrogens with zero attached hydrogens (tertiary/aromatic N) is 5. The maximum absolute atomic E-state index is 11.1. The summed E-state index contributed by atoms with van der Waals surface area (Å²) in [6, 6.07) is 0.0470. The van der Waals surface area contributed by atoms with Crippen LogP contribution in [0.15, 0.2) is 18.7 Å². The summed E-state index contributed by atoms with van der Waals surface area (Å²) in [6.45, 7) is 4.21. The van der Waals surface area contributed by atoms with Gasteiger partial charge in [0, 0.05) is 18.8 Å². The van der Waals surface area contributed by atoms with Crippen molar-refractivity contribution in [2.24, 2.45) is 13.0 Å². The first-order valence-electron chi connectivity index (χ1n) is 8.02. The van der Waals surface area contributed by atoms with Gasteiger partial charge in [-0.25, -0.2) is 19.1 Å². The standard InChI is InChI=1S/C13H16N6O2S.C2HF3O2/c1-7(2)9(8-4-15-18(3)5-8)16-13-17-19-6-14-10(12(20)21)11(19)22-13;3-2(4,5)1(6)7/h4-7,9H,1-3H3,(H,16,17)(H,20,21);(H,6,7). The summed E-state index contributed by atoms with van der Waals surface area (Å²) < 4.78 is 35.0. The van der Waals surface area contributed by atoms with E-state index in [4.69, 9.17) is 15.0 Å². The molecule has 0 fully saturated rings. The van der Waals surface area contributed by atoms with Crippen molar-refractivity contribution in [3.8, 4) is 0 Å². The monoisotopic (exact) mass is 434 g/mol. The molecule has 0 aliphatic heterocycles. The third-order valence-corrected chi connectivity index (χ3v) is 4.54. The molecule has 3 heterocycles. The lowest BCUT2D eigenvalue weighted by Gasteiger charge is -2.20. The van der Waals surface area contributed by atoms with Crippen molar-refractivity contribution < 1.29 is 33.0 Å². The highest BCUT2D eigenvalue weighted by Crippen LogP contribution is 2.30. The maximum atomic E-state index is 11.1.